The molecule has 96 valence electrons. The second-order valence-electron chi connectivity index (χ2n) is 4.47. The van der Waals surface area contributed by atoms with Crippen molar-refractivity contribution in [3.8, 4) is 0 Å². The van der Waals surface area contributed by atoms with E-state index in [-0.39, 0.29) is 0 Å². The number of carbonyl (C=O) groups is 1. The fraction of sp³-hybridized carbons (Fsp3) is 0.429. The molecule has 18 heavy (non-hydrogen) atoms. The second-order valence-corrected chi connectivity index (χ2v) is 4.85. The van der Waals surface area contributed by atoms with E-state index in [1.54, 1.807) is 0 Å². The quantitative estimate of drug-likeness (QED) is 0.830. The van der Waals surface area contributed by atoms with Gasteiger partial charge in [-0.2, -0.15) is 0 Å². The van der Waals surface area contributed by atoms with Crippen LogP contribution in [0.2, 0.25) is 0 Å². The third-order valence-electron chi connectivity index (χ3n) is 3.25. The minimum absolute atomic E-state index is 0.336. The van der Waals surface area contributed by atoms with Gasteiger partial charge in [0.15, 0.2) is 5.11 Å². The summed E-state index contributed by atoms with van der Waals surface area (Å²) in [4.78, 5) is 13.3. The zero-order valence-corrected chi connectivity index (χ0v) is 11.4. The highest BCUT2D eigenvalue weighted by Crippen LogP contribution is 2.17. The van der Waals surface area contributed by atoms with Gasteiger partial charge in [-0.1, -0.05) is 25.1 Å². The van der Waals surface area contributed by atoms with Gasteiger partial charge in [0.25, 0.3) is 0 Å². The summed E-state index contributed by atoms with van der Waals surface area (Å²) in [7, 11) is 0. The van der Waals surface area contributed by atoms with E-state index >= 15 is 0 Å². The standard InChI is InChI=1S/C14H18N2OS/c1-2-11-5-3-4-6-13(11)15-14(18)16-9-7-12(17)8-10-16/h3-6H,2,7-10H2,1H3,(H,15,18). The summed E-state index contributed by atoms with van der Waals surface area (Å²) in [5.41, 5.74) is 2.33. The molecule has 1 aliphatic rings. The van der Waals surface area contributed by atoms with Crippen molar-refractivity contribution in [1.82, 2.24) is 4.90 Å². The Morgan fingerprint density at radius 3 is 2.67 bits per heavy atom. The van der Waals surface area contributed by atoms with Gasteiger partial charge < -0.3 is 10.2 Å². The molecule has 1 aromatic carbocycles. The monoisotopic (exact) mass is 262 g/mol. The van der Waals surface area contributed by atoms with E-state index in [4.69, 9.17) is 12.2 Å². The van der Waals surface area contributed by atoms with E-state index < -0.39 is 0 Å². The number of aryl methyl sites for hydroxylation is 1. The van der Waals surface area contributed by atoms with E-state index in [0.29, 0.717) is 18.6 Å². The lowest BCUT2D eigenvalue weighted by Crippen LogP contribution is -2.41. The molecule has 0 bridgehead atoms. The largest absolute Gasteiger partial charge is 0.348 e. The highest BCUT2D eigenvalue weighted by molar-refractivity contribution is 7.80. The van der Waals surface area contributed by atoms with Gasteiger partial charge >= 0.3 is 0 Å². The number of para-hydroxylation sites is 1. The predicted molar refractivity (Wildman–Crippen MR) is 77.9 cm³/mol. The predicted octanol–water partition coefficient (Wildman–Crippen LogP) is 2.61. The number of benzene rings is 1. The maximum atomic E-state index is 11.2. The Bertz CT molecular complexity index is 449. The van der Waals surface area contributed by atoms with Crippen molar-refractivity contribution in [3.63, 3.8) is 0 Å². The topological polar surface area (TPSA) is 32.3 Å². The van der Waals surface area contributed by atoms with Gasteiger partial charge in [0.05, 0.1) is 0 Å². The van der Waals surface area contributed by atoms with Crippen LogP contribution in [-0.2, 0) is 11.2 Å². The molecule has 1 aliphatic heterocycles. The first-order chi connectivity index (χ1) is 8.70. The van der Waals surface area contributed by atoms with Crippen molar-refractivity contribution >= 4 is 28.8 Å². The lowest BCUT2D eigenvalue weighted by molar-refractivity contribution is -0.120. The average molecular weight is 262 g/mol. The van der Waals surface area contributed by atoms with E-state index in [1.807, 2.05) is 18.2 Å². The number of nitrogens with one attached hydrogen (secondary N) is 1. The molecule has 0 aromatic heterocycles. The number of anilines is 1. The van der Waals surface area contributed by atoms with Crippen LogP contribution in [0.4, 0.5) is 5.69 Å². The van der Waals surface area contributed by atoms with Crippen LogP contribution in [0.3, 0.4) is 0 Å². The first kappa shape index (κ1) is 13.0. The van der Waals surface area contributed by atoms with Gasteiger partial charge in [-0.15, -0.1) is 0 Å². The van der Waals surface area contributed by atoms with Crippen molar-refractivity contribution < 1.29 is 4.79 Å². The smallest absolute Gasteiger partial charge is 0.173 e. The number of rotatable bonds is 2. The summed E-state index contributed by atoms with van der Waals surface area (Å²) in [6.07, 6.45) is 2.19. The Balaban J connectivity index is 2.00. The van der Waals surface area contributed by atoms with Crippen molar-refractivity contribution in [2.24, 2.45) is 0 Å². The Kier molecular flexibility index (Phi) is 4.31. The number of nitrogens with zero attached hydrogens (tertiary/aromatic N) is 1. The lowest BCUT2D eigenvalue weighted by atomic mass is 10.1. The Morgan fingerprint density at radius 2 is 2.00 bits per heavy atom. The third kappa shape index (κ3) is 3.07. The molecule has 3 nitrogen and oxygen atoms in total. The SMILES string of the molecule is CCc1ccccc1NC(=S)N1CCC(=O)CC1. The minimum Gasteiger partial charge on any atom is -0.348 e. The second kappa shape index (κ2) is 5.96. The maximum absolute atomic E-state index is 11.2. The fourth-order valence-electron chi connectivity index (χ4n) is 2.10. The molecule has 0 unspecified atom stereocenters. The first-order valence-corrected chi connectivity index (χ1v) is 6.77. The maximum Gasteiger partial charge on any atom is 0.173 e. The molecular formula is C14H18N2OS. The fourth-order valence-corrected chi connectivity index (χ4v) is 2.40. The highest BCUT2D eigenvalue weighted by Gasteiger charge is 2.18. The Hall–Kier alpha value is -1.42. The first-order valence-electron chi connectivity index (χ1n) is 6.36. The molecule has 0 saturated carbocycles. The lowest BCUT2D eigenvalue weighted by Gasteiger charge is -2.29. The molecule has 1 aromatic rings. The van der Waals surface area contributed by atoms with E-state index in [1.165, 1.54) is 5.56 Å². The normalized spacial score (nSPS) is 15.6. The molecule has 0 radical (unpaired) electrons. The van der Waals surface area contributed by atoms with Gasteiger partial charge in [-0.25, -0.2) is 0 Å². The number of carbonyl (C=O) groups excluding carboxylic acids is 1. The van der Waals surface area contributed by atoms with Crippen molar-refractivity contribution in [1.29, 1.82) is 0 Å². The van der Waals surface area contributed by atoms with Gasteiger partial charge in [0.1, 0.15) is 5.78 Å². The molecule has 0 amide bonds. The number of hydrogen-bond donors (Lipinski definition) is 1. The van der Waals surface area contributed by atoms with E-state index in [9.17, 15) is 4.79 Å². The zero-order valence-electron chi connectivity index (χ0n) is 10.6. The third-order valence-corrected chi connectivity index (χ3v) is 3.61. The van der Waals surface area contributed by atoms with Crippen LogP contribution in [0.25, 0.3) is 0 Å². The molecule has 1 heterocycles. The van der Waals surface area contributed by atoms with E-state index in [2.05, 4.69) is 23.2 Å². The van der Waals surface area contributed by atoms with Crippen molar-refractivity contribution in [2.45, 2.75) is 26.2 Å². The van der Waals surface area contributed by atoms with Crippen LogP contribution in [0.5, 0.6) is 0 Å². The van der Waals surface area contributed by atoms with Gasteiger partial charge in [-0.05, 0) is 30.3 Å². The Labute approximate surface area is 113 Å². The van der Waals surface area contributed by atoms with E-state index in [0.717, 1.165) is 30.3 Å². The number of hydrogen-bond acceptors (Lipinski definition) is 2. The van der Waals surface area contributed by atoms with Gasteiger partial charge in [-0.3, -0.25) is 4.79 Å². The van der Waals surface area contributed by atoms with Crippen LogP contribution in [0, 0.1) is 0 Å². The number of Topliss-reactive ketones (excluding diaryl/α,β-unsaturated/α-hetero) is 1. The summed E-state index contributed by atoms with van der Waals surface area (Å²) in [6, 6.07) is 8.18. The number of thiocarbonyl (C=S) groups is 1. The number of ketones is 1. The van der Waals surface area contributed by atoms with Crippen LogP contribution in [0.1, 0.15) is 25.3 Å². The molecule has 0 atom stereocenters. The summed E-state index contributed by atoms with van der Waals surface area (Å²) in [6.45, 7) is 3.60. The Morgan fingerprint density at radius 1 is 1.33 bits per heavy atom. The van der Waals surface area contributed by atoms with Crippen LogP contribution >= 0.6 is 12.2 Å². The molecule has 2 rings (SSSR count). The van der Waals surface area contributed by atoms with Crippen LogP contribution in [0.15, 0.2) is 24.3 Å². The molecule has 0 spiro atoms. The number of piperidine rings is 1. The molecular weight excluding hydrogens is 244 g/mol. The summed E-state index contributed by atoms with van der Waals surface area (Å²) >= 11 is 5.41. The average Bonchev–Trinajstić information content (AvgIpc) is 2.40. The van der Waals surface area contributed by atoms with Gasteiger partial charge in [0.2, 0.25) is 0 Å². The van der Waals surface area contributed by atoms with Crippen molar-refractivity contribution in [2.75, 3.05) is 18.4 Å². The number of likely N-dealkylation sites (tertiary alicyclic amines) is 1. The summed E-state index contributed by atoms with van der Waals surface area (Å²) in [5.74, 6) is 0.336. The minimum atomic E-state index is 0.336. The van der Waals surface area contributed by atoms with Crippen LogP contribution in [-0.4, -0.2) is 28.9 Å². The summed E-state index contributed by atoms with van der Waals surface area (Å²) in [5, 5.41) is 4.02. The summed E-state index contributed by atoms with van der Waals surface area (Å²) < 4.78 is 0. The van der Waals surface area contributed by atoms with Crippen molar-refractivity contribution in [3.05, 3.63) is 29.8 Å². The zero-order chi connectivity index (χ0) is 13.0. The molecule has 0 aliphatic carbocycles. The molecule has 1 N–H and O–H groups in total. The van der Waals surface area contributed by atoms with Gasteiger partial charge in [0, 0.05) is 31.6 Å². The molecule has 1 fully saturated rings. The molecule has 1 saturated heterocycles. The molecule has 4 heteroatoms. The van der Waals surface area contributed by atoms with Crippen LogP contribution < -0.4 is 5.32 Å². The highest BCUT2D eigenvalue weighted by atomic mass is 32.1.